The quantitative estimate of drug-likeness (QED) is 0.662. The van der Waals surface area contributed by atoms with Crippen LogP contribution in [0.1, 0.15) is 46.5 Å². The van der Waals surface area contributed by atoms with Gasteiger partial charge < -0.3 is 15.5 Å². The summed E-state index contributed by atoms with van der Waals surface area (Å²) in [6.45, 7) is 5.24. The molecule has 1 fully saturated rings. The SMILES string of the molecule is CC(C)(C)C(C(=O)O)C(=O)NC1CCC(O)CC1. The number of aliphatic hydroxyl groups excluding tert-OH is 1. The molecular weight excluding hydrogens is 234 g/mol. The van der Waals surface area contributed by atoms with Gasteiger partial charge in [0.1, 0.15) is 5.92 Å². The Morgan fingerprint density at radius 3 is 2.06 bits per heavy atom. The van der Waals surface area contributed by atoms with E-state index in [0.29, 0.717) is 25.7 Å². The summed E-state index contributed by atoms with van der Waals surface area (Å²) in [6.07, 6.45) is 2.47. The van der Waals surface area contributed by atoms with E-state index in [1.165, 1.54) is 0 Å². The molecule has 1 saturated carbocycles. The summed E-state index contributed by atoms with van der Waals surface area (Å²) in [6, 6.07) is -0.00917. The van der Waals surface area contributed by atoms with Gasteiger partial charge in [0, 0.05) is 6.04 Å². The first-order valence-corrected chi connectivity index (χ1v) is 6.43. The minimum absolute atomic E-state index is 0.00917. The molecule has 0 saturated heterocycles. The van der Waals surface area contributed by atoms with Gasteiger partial charge in [0.25, 0.3) is 0 Å². The van der Waals surface area contributed by atoms with Crippen molar-refractivity contribution in [2.45, 2.75) is 58.6 Å². The van der Waals surface area contributed by atoms with E-state index in [1.807, 2.05) is 0 Å². The van der Waals surface area contributed by atoms with Gasteiger partial charge in [-0.2, -0.15) is 0 Å². The molecule has 0 aromatic heterocycles. The van der Waals surface area contributed by atoms with Gasteiger partial charge in [-0.25, -0.2) is 0 Å². The number of aliphatic hydroxyl groups is 1. The van der Waals surface area contributed by atoms with Crippen LogP contribution in [0.2, 0.25) is 0 Å². The molecule has 3 N–H and O–H groups in total. The van der Waals surface area contributed by atoms with E-state index in [-0.39, 0.29) is 12.1 Å². The van der Waals surface area contributed by atoms with Crippen LogP contribution in [0.3, 0.4) is 0 Å². The lowest BCUT2D eigenvalue weighted by Crippen LogP contribution is -2.47. The zero-order valence-electron chi connectivity index (χ0n) is 11.3. The summed E-state index contributed by atoms with van der Waals surface area (Å²) in [5.41, 5.74) is -0.607. The fourth-order valence-electron chi connectivity index (χ4n) is 2.38. The summed E-state index contributed by atoms with van der Waals surface area (Å²) >= 11 is 0. The van der Waals surface area contributed by atoms with E-state index < -0.39 is 23.2 Å². The average Bonchev–Trinajstić information content (AvgIpc) is 2.18. The lowest BCUT2D eigenvalue weighted by molar-refractivity contribution is -0.151. The number of hydrogen-bond acceptors (Lipinski definition) is 3. The van der Waals surface area contributed by atoms with Gasteiger partial charge >= 0.3 is 5.97 Å². The molecule has 1 atom stereocenters. The van der Waals surface area contributed by atoms with Crippen LogP contribution in [0.4, 0.5) is 0 Å². The standard InChI is InChI=1S/C13H23NO4/c1-13(2,3)10(12(17)18)11(16)14-8-4-6-9(15)7-5-8/h8-10,15H,4-7H2,1-3H3,(H,14,16)(H,17,18). The Kier molecular flexibility index (Phi) is 4.73. The molecule has 1 unspecified atom stereocenters. The number of aliphatic carboxylic acids is 1. The van der Waals surface area contributed by atoms with Crippen LogP contribution in [0, 0.1) is 11.3 Å². The zero-order valence-corrected chi connectivity index (χ0v) is 11.3. The normalized spacial score (nSPS) is 26.4. The highest BCUT2D eigenvalue weighted by Crippen LogP contribution is 2.27. The van der Waals surface area contributed by atoms with E-state index in [2.05, 4.69) is 5.32 Å². The Bertz CT molecular complexity index is 313. The number of nitrogens with one attached hydrogen (secondary N) is 1. The summed E-state index contributed by atoms with van der Waals surface area (Å²) in [5.74, 6) is -2.54. The third kappa shape index (κ3) is 3.98. The van der Waals surface area contributed by atoms with E-state index in [4.69, 9.17) is 5.11 Å². The molecule has 1 amide bonds. The number of hydrogen-bond donors (Lipinski definition) is 3. The number of carbonyl (C=O) groups is 2. The van der Waals surface area contributed by atoms with Crippen LogP contribution in [-0.4, -0.2) is 34.2 Å². The Morgan fingerprint density at radius 1 is 1.17 bits per heavy atom. The number of carbonyl (C=O) groups excluding carboxylic acids is 1. The van der Waals surface area contributed by atoms with Crippen molar-refractivity contribution in [2.24, 2.45) is 11.3 Å². The second kappa shape index (κ2) is 5.69. The smallest absolute Gasteiger partial charge is 0.316 e. The van der Waals surface area contributed by atoms with Crippen molar-refractivity contribution in [1.29, 1.82) is 0 Å². The molecule has 0 aliphatic heterocycles. The third-order valence-corrected chi connectivity index (χ3v) is 3.42. The highest BCUT2D eigenvalue weighted by Gasteiger charge is 2.38. The molecular formula is C13H23NO4. The van der Waals surface area contributed by atoms with Crippen LogP contribution < -0.4 is 5.32 Å². The predicted molar refractivity (Wildman–Crippen MR) is 67.0 cm³/mol. The van der Waals surface area contributed by atoms with Crippen molar-refractivity contribution < 1.29 is 19.8 Å². The fraction of sp³-hybridized carbons (Fsp3) is 0.846. The van der Waals surface area contributed by atoms with E-state index in [9.17, 15) is 14.7 Å². The predicted octanol–water partition coefficient (Wildman–Crippen LogP) is 1.15. The average molecular weight is 257 g/mol. The Balaban J connectivity index is 2.60. The van der Waals surface area contributed by atoms with Gasteiger partial charge in [0.2, 0.25) is 5.91 Å². The number of carboxylic acids is 1. The van der Waals surface area contributed by atoms with Gasteiger partial charge in [-0.05, 0) is 31.1 Å². The van der Waals surface area contributed by atoms with Crippen LogP contribution in [0.5, 0.6) is 0 Å². The second-order valence-electron chi connectivity index (χ2n) is 6.15. The maximum absolute atomic E-state index is 12.0. The van der Waals surface area contributed by atoms with Crippen molar-refractivity contribution in [1.82, 2.24) is 5.32 Å². The van der Waals surface area contributed by atoms with E-state index in [1.54, 1.807) is 20.8 Å². The van der Waals surface area contributed by atoms with Crippen LogP contribution in [0.15, 0.2) is 0 Å². The van der Waals surface area contributed by atoms with Gasteiger partial charge in [-0.15, -0.1) is 0 Å². The largest absolute Gasteiger partial charge is 0.481 e. The van der Waals surface area contributed by atoms with Crippen LogP contribution >= 0.6 is 0 Å². The molecule has 0 radical (unpaired) electrons. The van der Waals surface area contributed by atoms with Gasteiger partial charge in [-0.3, -0.25) is 9.59 Å². The Labute approximate surface area is 108 Å². The van der Waals surface area contributed by atoms with Crippen molar-refractivity contribution in [2.75, 3.05) is 0 Å². The molecule has 0 bridgehead atoms. The second-order valence-corrected chi connectivity index (χ2v) is 6.15. The fourth-order valence-corrected chi connectivity index (χ4v) is 2.38. The summed E-state index contributed by atoms with van der Waals surface area (Å²) in [4.78, 5) is 23.2. The van der Waals surface area contributed by atoms with Gasteiger partial charge in [0.05, 0.1) is 6.10 Å². The highest BCUT2D eigenvalue weighted by atomic mass is 16.4. The molecule has 18 heavy (non-hydrogen) atoms. The maximum atomic E-state index is 12.0. The minimum atomic E-state index is -1.09. The third-order valence-electron chi connectivity index (χ3n) is 3.42. The summed E-state index contributed by atoms with van der Waals surface area (Å²) < 4.78 is 0. The maximum Gasteiger partial charge on any atom is 0.316 e. The minimum Gasteiger partial charge on any atom is -0.481 e. The van der Waals surface area contributed by atoms with E-state index in [0.717, 1.165) is 0 Å². The molecule has 0 aromatic carbocycles. The lowest BCUT2D eigenvalue weighted by atomic mass is 9.79. The molecule has 1 rings (SSSR count). The first kappa shape index (κ1) is 15.0. The summed E-state index contributed by atoms with van der Waals surface area (Å²) in [5, 5.41) is 21.3. The molecule has 0 heterocycles. The molecule has 1 aliphatic carbocycles. The highest BCUT2D eigenvalue weighted by molar-refractivity contribution is 5.97. The van der Waals surface area contributed by atoms with E-state index >= 15 is 0 Å². The van der Waals surface area contributed by atoms with Gasteiger partial charge in [-0.1, -0.05) is 20.8 Å². The molecule has 5 heteroatoms. The van der Waals surface area contributed by atoms with Crippen molar-refractivity contribution in [3.8, 4) is 0 Å². The van der Waals surface area contributed by atoms with Crippen molar-refractivity contribution >= 4 is 11.9 Å². The van der Waals surface area contributed by atoms with Gasteiger partial charge in [0.15, 0.2) is 0 Å². The number of rotatable bonds is 3. The van der Waals surface area contributed by atoms with Crippen molar-refractivity contribution in [3.05, 3.63) is 0 Å². The summed E-state index contributed by atoms with van der Waals surface area (Å²) in [7, 11) is 0. The molecule has 1 aliphatic rings. The Morgan fingerprint density at radius 2 is 1.67 bits per heavy atom. The topological polar surface area (TPSA) is 86.6 Å². The first-order valence-electron chi connectivity index (χ1n) is 6.43. The van der Waals surface area contributed by atoms with Crippen LogP contribution in [0.25, 0.3) is 0 Å². The molecule has 104 valence electrons. The van der Waals surface area contributed by atoms with Crippen LogP contribution in [-0.2, 0) is 9.59 Å². The molecule has 0 aromatic rings. The molecule has 0 spiro atoms. The number of carboxylic acid groups (broad SMARTS) is 1. The zero-order chi connectivity index (χ0) is 13.9. The Hall–Kier alpha value is -1.10. The monoisotopic (exact) mass is 257 g/mol. The first-order chi connectivity index (χ1) is 8.21. The molecule has 5 nitrogen and oxygen atoms in total. The lowest BCUT2D eigenvalue weighted by Gasteiger charge is -2.30. The number of amides is 1. The van der Waals surface area contributed by atoms with Crippen molar-refractivity contribution in [3.63, 3.8) is 0 Å².